The van der Waals surface area contributed by atoms with E-state index in [0.29, 0.717) is 6.21 Å². The Morgan fingerprint density at radius 2 is 2.23 bits per heavy atom. The average Bonchev–Trinajstić information content (AvgIpc) is 2.32. The molecule has 1 heterocycles. The van der Waals surface area contributed by atoms with Crippen LogP contribution in [0.15, 0.2) is 10.3 Å². The third-order valence-electron chi connectivity index (χ3n) is 1.37. The van der Waals surface area contributed by atoms with E-state index in [9.17, 15) is 18.0 Å². The number of hydrogen-bond donors (Lipinski definition) is 2. The largest absolute Gasteiger partial charge is 0.432 e. The molecule has 1 unspecified atom stereocenters. The highest BCUT2D eigenvalue weighted by molar-refractivity contribution is 6.20. The van der Waals surface area contributed by atoms with Gasteiger partial charge in [-0.1, -0.05) is 0 Å². The topological polar surface area (TPSA) is 74.0 Å². The minimum absolute atomic E-state index is 0.467. The fraction of sp³-hybridized carbons (Fsp3) is 0.400. The summed E-state index contributed by atoms with van der Waals surface area (Å²) in [6, 6.07) is 0. The standard InChI is InChI=1S/C5H4F3N3O2/c6-5(7,8)3-2(1-9-13)4(12)11-10-3/h1-2,13H,(H,11,12). The van der Waals surface area contributed by atoms with E-state index < -0.39 is 23.7 Å². The van der Waals surface area contributed by atoms with Gasteiger partial charge in [-0.15, -0.1) is 5.16 Å². The number of nitrogens with zero attached hydrogens (tertiary/aromatic N) is 2. The van der Waals surface area contributed by atoms with E-state index in [0.717, 1.165) is 0 Å². The number of rotatable bonds is 1. The van der Waals surface area contributed by atoms with Crippen molar-refractivity contribution in [1.29, 1.82) is 0 Å². The first-order valence-corrected chi connectivity index (χ1v) is 3.09. The van der Waals surface area contributed by atoms with Gasteiger partial charge in [-0.05, 0) is 0 Å². The van der Waals surface area contributed by atoms with Gasteiger partial charge in [0.2, 0.25) is 0 Å². The van der Waals surface area contributed by atoms with E-state index >= 15 is 0 Å². The van der Waals surface area contributed by atoms with E-state index in [1.807, 2.05) is 0 Å². The number of oxime groups is 1. The Labute approximate surface area is 69.9 Å². The number of halogens is 3. The van der Waals surface area contributed by atoms with Crippen LogP contribution in [0.5, 0.6) is 0 Å². The lowest BCUT2D eigenvalue weighted by Gasteiger charge is -2.07. The molecule has 0 aliphatic carbocycles. The number of carbonyl (C=O) groups excluding carboxylic acids is 1. The second-order valence-corrected chi connectivity index (χ2v) is 2.21. The number of hydrogen-bond acceptors (Lipinski definition) is 4. The maximum atomic E-state index is 12.0. The van der Waals surface area contributed by atoms with Gasteiger partial charge in [-0.3, -0.25) is 4.79 Å². The second-order valence-electron chi connectivity index (χ2n) is 2.21. The van der Waals surface area contributed by atoms with Crippen molar-refractivity contribution in [1.82, 2.24) is 5.43 Å². The predicted octanol–water partition coefficient (Wildman–Crippen LogP) is 0.111. The van der Waals surface area contributed by atoms with Crippen molar-refractivity contribution >= 4 is 17.8 Å². The summed E-state index contributed by atoms with van der Waals surface area (Å²) in [6.45, 7) is 0. The summed E-state index contributed by atoms with van der Waals surface area (Å²) in [6.07, 6.45) is -4.24. The first-order chi connectivity index (χ1) is 5.96. The van der Waals surface area contributed by atoms with Crippen LogP contribution in [-0.4, -0.2) is 29.2 Å². The van der Waals surface area contributed by atoms with Gasteiger partial charge in [-0.2, -0.15) is 18.3 Å². The summed E-state index contributed by atoms with van der Waals surface area (Å²) < 4.78 is 36.1. The molecule has 13 heavy (non-hydrogen) atoms. The summed E-state index contributed by atoms with van der Waals surface area (Å²) in [4.78, 5) is 10.7. The molecule has 72 valence electrons. The molecule has 0 aromatic rings. The number of hydrazone groups is 1. The Bertz CT molecular complexity index is 283. The smallest absolute Gasteiger partial charge is 0.411 e. The Kier molecular flexibility index (Phi) is 2.22. The fourth-order valence-corrected chi connectivity index (χ4v) is 0.823. The van der Waals surface area contributed by atoms with Crippen LogP contribution < -0.4 is 5.43 Å². The summed E-state index contributed by atoms with van der Waals surface area (Å²) in [5, 5.41) is 13.1. The van der Waals surface area contributed by atoms with Gasteiger partial charge in [0.1, 0.15) is 5.92 Å². The van der Waals surface area contributed by atoms with Gasteiger partial charge in [0.15, 0.2) is 5.71 Å². The number of nitrogens with one attached hydrogen (secondary N) is 1. The predicted molar refractivity (Wildman–Crippen MR) is 35.4 cm³/mol. The molecule has 0 bridgehead atoms. The van der Waals surface area contributed by atoms with Crippen LogP contribution >= 0.6 is 0 Å². The molecule has 0 saturated heterocycles. The zero-order chi connectivity index (χ0) is 10.1. The van der Waals surface area contributed by atoms with Crippen LogP contribution in [0.3, 0.4) is 0 Å². The molecule has 0 aromatic heterocycles. The van der Waals surface area contributed by atoms with E-state index in [1.54, 1.807) is 5.43 Å². The van der Waals surface area contributed by atoms with Crippen LogP contribution in [0.1, 0.15) is 0 Å². The minimum atomic E-state index is -4.70. The van der Waals surface area contributed by atoms with Crippen LogP contribution in [-0.2, 0) is 4.79 Å². The SMILES string of the molecule is O=C1NN=C(C(F)(F)F)C1C=NO. The zero-order valence-electron chi connectivity index (χ0n) is 6.04. The Morgan fingerprint density at radius 1 is 1.62 bits per heavy atom. The van der Waals surface area contributed by atoms with E-state index in [4.69, 9.17) is 5.21 Å². The minimum Gasteiger partial charge on any atom is -0.411 e. The first kappa shape index (κ1) is 9.49. The van der Waals surface area contributed by atoms with Crippen molar-refractivity contribution in [2.24, 2.45) is 16.2 Å². The molecular formula is C5H4F3N3O2. The van der Waals surface area contributed by atoms with Crippen LogP contribution in [0.25, 0.3) is 0 Å². The summed E-state index contributed by atoms with van der Waals surface area (Å²) in [5.74, 6) is -2.63. The number of carbonyl (C=O) groups is 1. The van der Waals surface area contributed by atoms with Crippen molar-refractivity contribution in [3.63, 3.8) is 0 Å². The molecule has 0 fully saturated rings. The molecule has 5 nitrogen and oxygen atoms in total. The molecule has 1 atom stereocenters. The summed E-state index contributed by atoms with van der Waals surface area (Å²) in [7, 11) is 0. The molecule has 0 saturated carbocycles. The normalized spacial score (nSPS) is 23.5. The highest BCUT2D eigenvalue weighted by atomic mass is 19.4. The lowest BCUT2D eigenvalue weighted by molar-refractivity contribution is -0.121. The Morgan fingerprint density at radius 3 is 2.69 bits per heavy atom. The van der Waals surface area contributed by atoms with Gasteiger partial charge < -0.3 is 5.21 Å². The maximum absolute atomic E-state index is 12.0. The van der Waals surface area contributed by atoms with Gasteiger partial charge >= 0.3 is 6.18 Å². The molecule has 0 spiro atoms. The fourth-order valence-electron chi connectivity index (χ4n) is 0.823. The third kappa shape index (κ3) is 1.76. The van der Waals surface area contributed by atoms with Crippen molar-refractivity contribution in [2.75, 3.05) is 0 Å². The monoisotopic (exact) mass is 195 g/mol. The van der Waals surface area contributed by atoms with Crippen LogP contribution in [0.2, 0.25) is 0 Å². The molecule has 1 aliphatic heterocycles. The van der Waals surface area contributed by atoms with Crippen LogP contribution in [0.4, 0.5) is 13.2 Å². The molecule has 8 heteroatoms. The Balaban J connectivity index is 2.92. The van der Waals surface area contributed by atoms with E-state index in [2.05, 4.69) is 10.3 Å². The summed E-state index contributed by atoms with van der Waals surface area (Å²) >= 11 is 0. The van der Waals surface area contributed by atoms with Gasteiger partial charge in [-0.25, -0.2) is 5.43 Å². The maximum Gasteiger partial charge on any atom is 0.432 e. The third-order valence-corrected chi connectivity index (χ3v) is 1.37. The van der Waals surface area contributed by atoms with Gasteiger partial charge in [0.25, 0.3) is 5.91 Å². The second kappa shape index (κ2) is 3.04. The van der Waals surface area contributed by atoms with Crippen LogP contribution in [0, 0.1) is 5.92 Å². The molecular weight excluding hydrogens is 191 g/mol. The molecule has 1 rings (SSSR count). The molecule has 1 amide bonds. The molecule has 0 aromatic carbocycles. The molecule has 2 N–H and O–H groups in total. The zero-order valence-corrected chi connectivity index (χ0v) is 6.04. The number of amides is 1. The quantitative estimate of drug-likeness (QED) is 0.354. The highest BCUT2D eigenvalue weighted by Gasteiger charge is 2.46. The van der Waals surface area contributed by atoms with Crippen molar-refractivity contribution in [3.05, 3.63) is 0 Å². The molecule has 0 radical (unpaired) electrons. The first-order valence-electron chi connectivity index (χ1n) is 3.09. The van der Waals surface area contributed by atoms with Crippen molar-refractivity contribution < 1.29 is 23.2 Å². The van der Waals surface area contributed by atoms with E-state index in [-0.39, 0.29) is 0 Å². The Hall–Kier alpha value is -1.60. The number of alkyl halides is 3. The lowest BCUT2D eigenvalue weighted by atomic mass is 10.1. The highest BCUT2D eigenvalue weighted by Crippen LogP contribution is 2.24. The van der Waals surface area contributed by atoms with Crippen molar-refractivity contribution in [2.45, 2.75) is 6.18 Å². The summed E-state index contributed by atoms with van der Waals surface area (Å²) in [5.41, 5.74) is 0.328. The average molecular weight is 195 g/mol. The van der Waals surface area contributed by atoms with Gasteiger partial charge in [0, 0.05) is 0 Å². The molecule has 1 aliphatic rings. The lowest BCUT2D eigenvalue weighted by Crippen LogP contribution is -2.33. The van der Waals surface area contributed by atoms with Gasteiger partial charge in [0.05, 0.1) is 6.21 Å². The van der Waals surface area contributed by atoms with E-state index in [1.165, 1.54) is 0 Å². The van der Waals surface area contributed by atoms with Crippen molar-refractivity contribution in [3.8, 4) is 0 Å².